The van der Waals surface area contributed by atoms with Crippen molar-refractivity contribution in [3.63, 3.8) is 0 Å². The molecule has 0 bridgehead atoms. The Balaban J connectivity index is 1.33. The van der Waals surface area contributed by atoms with E-state index >= 15 is 0 Å². The number of piperidine rings is 1. The summed E-state index contributed by atoms with van der Waals surface area (Å²) in [6, 6.07) is 8.58. The van der Waals surface area contributed by atoms with Gasteiger partial charge in [-0.2, -0.15) is 5.10 Å². The van der Waals surface area contributed by atoms with Crippen LogP contribution in [0.15, 0.2) is 30.5 Å². The van der Waals surface area contributed by atoms with E-state index in [1.165, 1.54) is 24.0 Å². The van der Waals surface area contributed by atoms with Gasteiger partial charge < -0.3 is 14.5 Å². The smallest absolute Gasteiger partial charge is 0.410 e. The summed E-state index contributed by atoms with van der Waals surface area (Å²) in [5.41, 5.74) is 3.12. The zero-order chi connectivity index (χ0) is 24.0. The summed E-state index contributed by atoms with van der Waals surface area (Å²) in [5, 5.41) is 4.64. The number of anilines is 1. The molecule has 1 aromatic carbocycles. The molecule has 8 nitrogen and oxygen atoms in total. The molecule has 34 heavy (non-hydrogen) atoms. The molecule has 2 fully saturated rings. The van der Waals surface area contributed by atoms with Crippen LogP contribution < -0.4 is 4.90 Å². The summed E-state index contributed by atoms with van der Waals surface area (Å²) in [6.07, 6.45) is 5.68. The molecule has 8 heteroatoms. The van der Waals surface area contributed by atoms with Gasteiger partial charge in [0.05, 0.1) is 13.1 Å². The third-order valence-electron chi connectivity index (χ3n) is 6.91. The summed E-state index contributed by atoms with van der Waals surface area (Å²) in [7, 11) is 1.91. The predicted octanol–water partition coefficient (Wildman–Crippen LogP) is 4.64. The van der Waals surface area contributed by atoms with Crippen molar-refractivity contribution in [2.45, 2.75) is 77.1 Å². The normalized spacial score (nSPS) is 19.4. The van der Waals surface area contributed by atoms with Gasteiger partial charge in [0.15, 0.2) is 5.82 Å². The lowest BCUT2D eigenvalue weighted by Crippen LogP contribution is -2.54. The Kier molecular flexibility index (Phi) is 5.78. The van der Waals surface area contributed by atoms with Crippen molar-refractivity contribution in [2.24, 2.45) is 7.05 Å². The van der Waals surface area contributed by atoms with Crippen molar-refractivity contribution in [2.75, 3.05) is 18.0 Å². The Bertz CT molecular complexity index is 1080. The number of hydrogen-bond donors (Lipinski definition) is 0. The second kappa shape index (κ2) is 8.64. The maximum Gasteiger partial charge on any atom is 0.410 e. The van der Waals surface area contributed by atoms with E-state index in [0.29, 0.717) is 32.1 Å². The number of aryl methyl sites for hydroxylation is 1. The fourth-order valence-electron chi connectivity index (χ4n) is 5.12. The van der Waals surface area contributed by atoms with E-state index in [9.17, 15) is 9.59 Å². The SMILES string of the molecule is Cn1cc2c(n1)N(Cc1ccccc1C1CC1)C(=O)N(C1CCN(C(=O)OC(C)(C)C)CC1)C2. The zero-order valence-electron chi connectivity index (χ0n) is 20.7. The van der Waals surface area contributed by atoms with Crippen molar-refractivity contribution in [3.05, 3.63) is 47.2 Å². The Labute approximate surface area is 201 Å². The Morgan fingerprint density at radius 3 is 2.50 bits per heavy atom. The summed E-state index contributed by atoms with van der Waals surface area (Å²) >= 11 is 0. The number of likely N-dealkylation sites (tertiary alicyclic amines) is 1. The average molecular weight is 466 g/mol. The van der Waals surface area contributed by atoms with E-state index in [1.807, 2.05) is 43.8 Å². The molecular weight excluding hydrogens is 430 g/mol. The standard InChI is InChI=1S/C26H35N5O3/c1-26(2,3)34-25(33)29-13-11-21(12-14-29)30-17-20-15-28(4)27-23(20)31(24(30)32)16-19-7-5-6-8-22(19)18-9-10-18/h5-8,15,18,21H,9-14,16-17H2,1-4H3. The van der Waals surface area contributed by atoms with E-state index in [4.69, 9.17) is 4.74 Å². The minimum atomic E-state index is -0.509. The molecule has 5 rings (SSSR count). The molecule has 1 aliphatic carbocycles. The highest BCUT2D eigenvalue weighted by molar-refractivity contribution is 5.94. The van der Waals surface area contributed by atoms with Gasteiger partial charge in [0.2, 0.25) is 0 Å². The molecule has 0 unspecified atom stereocenters. The number of amides is 3. The Morgan fingerprint density at radius 2 is 1.82 bits per heavy atom. The van der Waals surface area contributed by atoms with Crippen LogP contribution in [-0.2, 0) is 24.9 Å². The predicted molar refractivity (Wildman–Crippen MR) is 130 cm³/mol. The van der Waals surface area contributed by atoms with Crippen LogP contribution >= 0.6 is 0 Å². The number of rotatable bonds is 4. The van der Waals surface area contributed by atoms with Crippen molar-refractivity contribution in [1.82, 2.24) is 19.6 Å². The van der Waals surface area contributed by atoms with E-state index in [2.05, 4.69) is 29.4 Å². The number of urea groups is 1. The molecule has 2 aromatic rings. The molecule has 3 aliphatic rings. The minimum absolute atomic E-state index is 0.00696. The van der Waals surface area contributed by atoms with Gasteiger partial charge in [-0.25, -0.2) is 9.59 Å². The van der Waals surface area contributed by atoms with E-state index < -0.39 is 5.60 Å². The quantitative estimate of drug-likeness (QED) is 0.660. The lowest BCUT2D eigenvalue weighted by Gasteiger charge is -2.42. The minimum Gasteiger partial charge on any atom is -0.444 e. The molecule has 0 atom stereocenters. The number of aromatic nitrogens is 2. The largest absolute Gasteiger partial charge is 0.444 e. The van der Waals surface area contributed by atoms with Crippen LogP contribution in [0.4, 0.5) is 15.4 Å². The number of carbonyl (C=O) groups is 2. The van der Waals surface area contributed by atoms with Gasteiger partial charge in [-0.1, -0.05) is 24.3 Å². The second-order valence-corrected chi connectivity index (χ2v) is 10.8. The van der Waals surface area contributed by atoms with Crippen LogP contribution in [0.3, 0.4) is 0 Å². The number of benzene rings is 1. The van der Waals surface area contributed by atoms with Gasteiger partial charge in [-0.3, -0.25) is 9.58 Å². The van der Waals surface area contributed by atoms with Crippen LogP contribution in [0.2, 0.25) is 0 Å². The lowest BCUT2D eigenvalue weighted by molar-refractivity contribution is 0.0161. The monoisotopic (exact) mass is 465 g/mol. The van der Waals surface area contributed by atoms with Gasteiger partial charge in [-0.05, 0) is 63.5 Å². The lowest BCUT2D eigenvalue weighted by atomic mass is 10.0. The number of hydrogen-bond acceptors (Lipinski definition) is 4. The van der Waals surface area contributed by atoms with E-state index in [-0.39, 0.29) is 18.2 Å². The van der Waals surface area contributed by atoms with Crippen LogP contribution in [0.5, 0.6) is 0 Å². The van der Waals surface area contributed by atoms with Gasteiger partial charge in [0.1, 0.15) is 5.60 Å². The number of ether oxygens (including phenoxy) is 1. The third kappa shape index (κ3) is 4.63. The molecule has 0 radical (unpaired) electrons. The third-order valence-corrected chi connectivity index (χ3v) is 6.91. The first kappa shape index (κ1) is 22.7. The molecule has 2 aliphatic heterocycles. The molecule has 182 valence electrons. The Hall–Kier alpha value is -3.03. The van der Waals surface area contributed by atoms with Crippen molar-refractivity contribution in [1.29, 1.82) is 0 Å². The fraction of sp³-hybridized carbons (Fsp3) is 0.577. The van der Waals surface area contributed by atoms with Gasteiger partial charge in [-0.15, -0.1) is 0 Å². The van der Waals surface area contributed by atoms with Crippen molar-refractivity contribution in [3.8, 4) is 0 Å². The topological polar surface area (TPSA) is 70.9 Å². The molecule has 1 saturated carbocycles. The summed E-state index contributed by atoms with van der Waals surface area (Å²) in [5.74, 6) is 1.38. The van der Waals surface area contributed by atoms with E-state index in [1.54, 1.807) is 9.58 Å². The van der Waals surface area contributed by atoms with Crippen LogP contribution in [0, 0.1) is 0 Å². The maximum atomic E-state index is 13.8. The van der Waals surface area contributed by atoms with E-state index in [0.717, 1.165) is 24.2 Å². The molecule has 3 heterocycles. The highest BCUT2D eigenvalue weighted by Crippen LogP contribution is 2.42. The van der Waals surface area contributed by atoms with Crippen LogP contribution in [0.1, 0.15) is 69.1 Å². The van der Waals surface area contributed by atoms with Crippen molar-refractivity contribution >= 4 is 17.9 Å². The van der Waals surface area contributed by atoms with Crippen molar-refractivity contribution < 1.29 is 14.3 Å². The van der Waals surface area contributed by atoms with Gasteiger partial charge in [0.25, 0.3) is 0 Å². The first-order valence-electron chi connectivity index (χ1n) is 12.4. The van der Waals surface area contributed by atoms with Gasteiger partial charge in [0, 0.05) is 37.9 Å². The summed E-state index contributed by atoms with van der Waals surface area (Å²) in [6.45, 7) is 7.91. The summed E-state index contributed by atoms with van der Waals surface area (Å²) in [4.78, 5) is 31.9. The average Bonchev–Trinajstić information content (AvgIpc) is 3.56. The molecule has 3 amide bonds. The molecule has 1 saturated heterocycles. The first-order valence-corrected chi connectivity index (χ1v) is 12.4. The fourth-order valence-corrected chi connectivity index (χ4v) is 5.12. The van der Waals surface area contributed by atoms with Crippen LogP contribution in [-0.4, -0.2) is 56.4 Å². The van der Waals surface area contributed by atoms with Crippen LogP contribution in [0.25, 0.3) is 0 Å². The first-order chi connectivity index (χ1) is 16.2. The zero-order valence-corrected chi connectivity index (χ0v) is 20.7. The maximum absolute atomic E-state index is 13.8. The number of fused-ring (bicyclic) bond motifs is 1. The number of carbonyl (C=O) groups excluding carboxylic acids is 2. The highest BCUT2D eigenvalue weighted by atomic mass is 16.6. The number of nitrogens with zero attached hydrogens (tertiary/aromatic N) is 5. The molecular formula is C26H35N5O3. The Morgan fingerprint density at radius 1 is 1.12 bits per heavy atom. The molecule has 0 spiro atoms. The molecule has 0 N–H and O–H groups in total. The summed E-state index contributed by atoms with van der Waals surface area (Å²) < 4.78 is 7.33. The van der Waals surface area contributed by atoms with Gasteiger partial charge >= 0.3 is 12.1 Å². The molecule has 1 aromatic heterocycles. The highest BCUT2D eigenvalue weighted by Gasteiger charge is 2.39. The second-order valence-electron chi connectivity index (χ2n) is 10.8.